The van der Waals surface area contributed by atoms with Crippen LogP contribution in [0.5, 0.6) is 5.75 Å². The number of ether oxygens (including phenoxy) is 3. The van der Waals surface area contributed by atoms with Gasteiger partial charge in [-0.2, -0.15) is 0 Å². The lowest BCUT2D eigenvalue weighted by Gasteiger charge is -2.31. The minimum atomic E-state index is -1.38. The average molecular weight is 478 g/mol. The van der Waals surface area contributed by atoms with Crippen molar-refractivity contribution in [3.05, 3.63) is 102 Å². The smallest absolute Gasteiger partial charge is 0.234 e. The van der Waals surface area contributed by atoms with Crippen molar-refractivity contribution in [2.45, 2.75) is 37.1 Å². The molecule has 3 aromatic rings. The fraction of sp³-hybridized carbons (Fsp3) is 0.321. The lowest BCUT2D eigenvalue weighted by molar-refractivity contribution is -0.143. The quantitative estimate of drug-likeness (QED) is 0.493. The number of amides is 1. The van der Waals surface area contributed by atoms with E-state index in [1.807, 2.05) is 84.9 Å². The van der Waals surface area contributed by atoms with Crippen LogP contribution in [0, 0.1) is 0 Å². The van der Waals surface area contributed by atoms with E-state index in [9.17, 15) is 15.0 Å². The topological polar surface area (TPSA) is 88.5 Å². The average Bonchev–Trinajstić information content (AvgIpc) is 3.17. The number of hydrogen-bond acceptors (Lipinski definition) is 6. The van der Waals surface area contributed by atoms with Gasteiger partial charge in [0.1, 0.15) is 24.1 Å². The summed E-state index contributed by atoms with van der Waals surface area (Å²) in [7, 11) is 3.04. The number of hydrogen-bond donors (Lipinski definition) is 2. The van der Waals surface area contributed by atoms with Crippen LogP contribution in [0.3, 0.4) is 0 Å². The van der Waals surface area contributed by atoms with E-state index in [-0.39, 0.29) is 19.0 Å². The molecule has 1 heterocycles. The van der Waals surface area contributed by atoms with Crippen molar-refractivity contribution in [2.24, 2.45) is 0 Å². The van der Waals surface area contributed by atoms with Gasteiger partial charge >= 0.3 is 0 Å². The molecule has 184 valence electrons. The van der Waals surface area contributed by atoms with Gasteiger partial charge in [-0.15, -0.1) is 0 Å². The standard InChI is InChI=1S/C28H31NO6/c1-33-22-16-10-9-15-21(22)17-29(18-23-26(34-2)25(30)28(32)35-23)27(31)24(19-11-5-3-6-12-19)20-13-7-4-8-14-20/h3-16,23-26,28,30,32H,17-18H2,1-2H3/t23-,25-,26+,28?/m1/s1. The number of para-hydroxylation sites is 1. The van der Waals surface area contributed by atoms with E-state index < -0.39 is 30.5 Å². The number of benzene rings is 3. The molecule has 1 unspecified atom stereocenters. The predicted molar refractivity (Wildman–Crippen MR) is 131 cm³/mol. The third-order valence-corrected chi connectivity index (χ3v) is 6.36. The van der Waals surface area contributed by atoms with Gasteiger partial charge in [0.05, 0.1) is 19.6 Å². The first-order valence-corrected chi connectivity index (χ1v) is 11.6. The molecular formula is C28H31NO6. The molecule has 0 aliphatic carbocycles. The van der Waals surface area contributed by atoms with Crippen molar-refractivity contribution >= 4 is 5.91 Å². The first-order valence-electron chi connectivity index (χ1n) is 11.6. The summed E-state index contributed by atoms with van der Waals surface area (Å²) in [6.45, 7) is 0.362. The highest BCUT2D eigenvalue weighted by Crippen LogP contribution is 2.31. The second-order valence-electron chi connectivity index (χ2n) is 8.54. The molecule has 1 aliphatic rings. The summed E-state index contributed by atoms with van der Waals surface area (Å²) in [5, 5.41) is 20.4. The van der Waals surface area contributed by atoms with Crippen molar-refractivity contribution in [3.8, 4) is 5.75 Å². The molecule has 0 bridgehead atoms. The normalized spacial score (nSPS) is 21.7. The molecule has 7 nitrogen and oxygen atoms in total. The molecule has 0 aromatic heterocycles. The Labute approximate surface area is 205 Å². The van der Waals surface area contributed by atoms with Gasteiger partial charge in [-0.25, -0.2) is 0 Å². The summed E-state index contributed by atoms with van der Waals surface area (Å²) in [6, 6.07) is 26.8. The molecule has 35 heavy (non-hydrogen) atoms. The van der Waals surface area contributed by atoms with Crippen LogP contribution < -0.4 is 4.74 Å². The Balaban J connectivity index is 1.72. The molecule has 0 radical (unpaired) electrons. The van der Waals surface area contributed by atoms with Gasteiger partial charge in [-0.3, -0.25) is 4.79 Å². The third kappa shape index (κ3) is 5.55. The van der Waals surface area contributed by atoms with E-state index in [0.29, 0.717) is 5.75 Å². The van der Waals surface area contributed by atoms with Crippen LogP contribution in [-0.2, 0) is 20.8 Å². The molecular weight excluding hydrogens is 446 g/mol. The second kappa shape index (κ2) is 11.5. The first-order chi connectivity index (χ1) is 17.0. The Hall–Kier alpha value is -3.23. The van der Waals surface area contributed by atoms with Crippen LogP contribution in [0.4, 0.5) is 0 Å². The Morgan fingerprint density at radius 3 is 2.06 bits per heavy atom. The zero-order valence-electron chi connectivity index (χ0n) is 19.9. The van der Waals surface area contributed by atoms with Gasteiger partial charge in [-0.1, -0.05) is 78.9 Å². The molecule has 1 amide bonds. The maximum Gasteiger partial charge on any atom is 0.234 e. The molecule has 4 atom stereocenters. The van der Waals surface area contributed by atoms with E-state index in [2.05, 4.69) is 0 Å². The number of aliphatic hydroxyl groups is 2. The van der Waals surface area contributed by atoms with Gasteiger partial charge in [0.15, 0.2) is 6.29 Å². The lowest BCUT2D eigenvalue weighted by atomic mass is 9.89. The van der Waals surface area contributed by atoms with Crippen molar-refractivity contribution in [1.82, 2.24) is 4.90 Å². The summed E-state index contributed by atoms with van der Waals surface area (Å²) < 4.78 is 16.5. The van der Waals surface area contributed by atoms with Gasteiger partial charge in [0.25, 0.3) is 0 Å². The highest BCUT2D eigenvalue weighted by molar-refractivity contribution is 5.87. The fourth-order valence-corrected chi connectivity index (χ4v) is 4.60. The Morgan fingerprint density at radius 2 is 1.49 bits per heavy atom. The molecule has 0 saturated carbocycles. The van der Waals surface area contributed by atoms with Crippen LogP contribution in [0.1, 0.15) is 22.6 Å². The van der Waals surface area contributed by atoms with E-state index in [4.69, 9.17) is 14.2 Å². The highest BCUT2D eigenvalue weighted by atomic mass is 16.7. The SMILES string of the molecule is COc1ccccc1CN(C[C@H]1OC(O)[C@H](O)[C@H]1OC)C(=O)C(c1ccccc1)c1ccccc1. The Kier molecular flexibility index (Phi) is 8.15. The summed E-state index contributed by atoms with van der Waals surface area (Å²) >= 11 is 0. The van der Waals surface area contributed by atoms with E-state index in [1.165, 1.54) is 7.11 Å². The summed E-state index contributed by atoms with van der Waals surface area (Å²) in [6.07, 6.45) is -4.07. The minimum absolute atomic E-state index is 0.111. The maximum absolute atomic E-state index is 14.3. The number of methoxy groups -OCH3 is 2. The fourth-order valence-electron chi connectivity index (χ4n) is 4.60. The van der Waals surface area contributed by atoms with Crippen LogP contribution >= 0.6 is 0 Å². The van der Waals surface area contributed by atoms with E-state index >= 15 is 0 Å². The number of nitrogens with zero attached hydrogens (tertiary/aromatic N) is 1. The zero-order valence-corrected chi connectivity index (χ0v) is 19.9. The van der Waals surface area contributed by atoms with Gasteiger partial charge in [0.2, 0.25) is 5.91 Å². The number of carbonyl (C=O) groups is 1. The Morgan fingerprint density at radius 1 is 0.914 bits per heavy atom. The zero-order chi connectivity index (χ0) is 24.8. The summed E-state index contributed by atoms with van der Waals surface area (Å²) in [5.41, 5.74) is 2.56. The van der Waals surface area contributed by atoms with E-state index in [1.54, 1.807) is 12.0 Å². The predicted octanol–water partition coefficient (Wildman–Crippen LogP) is 2.95. The summed E-state index contributed by atoms with van der Waals surface area (Å²) in [5.74, 6) is -0.0241. The van der Waals surface area contributed by atoms with Crippen molar-refractivity contribution in [2.75, 3.05) is 20.8 Å². The summed E-state index contributed by atoms with van der Waals surface area (Å²) in [4.78, 5) is 15.9. The van der Waals surface area contributed by atoms with Crippen molar-refractivity contribution < 1.29 is 29.2 Å². The van der Waals surface area contributed by atoms with Crippen molar-refractivity contribution in [1.29, 1.82) is 0 Å². The molecule has 3 aromatic carbocycles. The molecule has 1 fully saturated rings. The number of rotatable bonds is 9. The Bertz CT molecular complexity index is 1050. The van der Waals surface area contributed by atoms with Crippen LogP contribution in [0.15, 0.2) is 84.9 Å². The molecule has 2 N–H and O–H groups in total. The minimum Gasteiger partial charge on any atom is -0.496 e. The molecule has 7 heteroatoms. The number of carbonyl (C=O) groups excluding carboxylic acids is 1. The van der Waals surface area contributed by atoms with E-state index in [0.717, 1.165) is 16.7 Å². The lowest BCUT2D eigenvalue weighted by Crippen LogP contribution is -2.45. The molecule has 0 spiro atoms. The van der Waals surface area contributed by atoms with Gasteiger partial charge in [0, 0.05) is 19.2 Å². The second-order valence-corrected chi connectivity index (χ2v) is 8.54. The van der Waals surface area contributed by atoms with Gasteiger partial charge < -0.3 is 29.3 Å². The van der Waals surface area contributed by atoms with Crippen LogP contribution in [-0.4, -0.2) is 66.4 Å². The van der Waals surface area contributed by atoms with Crippen molar-refractivity contribution in [3.63, 3.8) is 0 Å². The largest absolute Gasteiger partial charge is 0.496 e. The highest BCUT2D eigenvalue weighted by Gasteiger charge is 2.45. The molecule has 1 saturated heterocycles. The monoisotopic (exact) mass is 477 g/mol. The van der Waals surface area contributed by atoms with Gasteiger partial charge in [-0.05, 0) is 17.2 Å². The third-order valence-electron chi connectivity index (χ3n) is 6.36. The van der Waals surface area contributed by atoms with Crippen LogP contribution in [0.2, 0.25) is 0 Å². The number of aliphatic hydroxyl groups excluding tert-OH is 2. The molecule has 4 rings (SSSR count). The van der Waals surface area contributed by atoms with Crippen LogP contribution in [0.25, 0.3) is 0 Å². The maximum atomic E-state index is 14.3. The molecule has 1 aliphatic heterocycles. The first kappa shape index (κ1) is 24.9.